The zero-order valence-corrected chi connectivity index (χ0v) is 12.2. The van der Waals surface area contributed by atoms with Gasteiger partial charge in [-0.2, -0.15) is 0 Å². The first kappa shape index (κ1) is 13.3. The van der Waals surface area contributed by atoms with Crippen molar-refractivity contribution in [3.63, 3.8) is 0 Å². The molecule has 0 spiro atoms. The molecule has 104 valence electrons. The minimum Gasteiger partial charge on any atom is -0.346 e. The Balaban J connectivity index is 1.90. The van der Waals surface area contributed by atoms with Crippen molar-refractivity contribution in [1.82, 2.24) is 9.47 Å². The van der Waals surface area contributed by atoms with Crippen LogP contribution in [0.1, 0.15) is 21.6 Å². The van der Waals surface area contributed by atoms with Crippen molar-refractivity contribution in [2.75, 3.05) is 0 Å². The Labute approximate surface area is 122 Å². The Morgan fingerprint density at radius 2 is 1.95 bits per heavy atom. The second-order valence-corrected chi connectivity index (χ2v) is 5.73. The Morgan fingerprint density at radius 1 is 1.30 bits per heavy atom. The largest absolute Gasteiger partial charge is 0.346 e. The Kier molecular flexibility index (Phi) is 3.12. The minimum absolute atomic E-state index is 0.0710. The van der Waals surface area contributed by atoms with Crippen LogP contribution < -0.4 is 0 Å². The summed E-state index contributed by atoms with van der Waals surface area (Å²) in [6.07, 6.45) is 1.81. The standard InChI is InChI=1S/C14H11BrF2N2O/c1-18-3-2-8-6-19(14(20)13(8)18)7-10-11(16)4-9(15)5-12(10)17/h2-5H,6-7H2,1H3. The quantitative estimate of drug-likeness (QED) is 0.823. The predicted molar refractivity (Wildman–Crippen MR) is 73.0 cm³/mol. The monoisotopic (exact) mass is 340 g/mol. The molecule has 0 saturated carbocycles. The van der Waals surface area contributed by atoms with E-state index in [1.54, 1.807) is 17.8 Å². The maximum absolute atomic E-state index is 13.8. The molecule has 0 N–H and O–H groups in total. The van der Waals surface area contributed by atoms with E-state index in [-0.39, 0.29) is 18.0 Å². The Bertz CT molecular complexity index is 688. The number of halogens is 3. The predicted octanol–water partition coefficient (Wildman–Crippen LogP) is 3.22. The molecule has 0 atom stereocenters. The zero-order valence-electron chi connectivity index (χ0n) is 10.7. The van der Waals surface area contributed by atoms with Gasteiger partial charge in [0.25, 0.3) is 5.91 Å². The minimum atomic E-state index is -0.652. The number of carbonyl (C=O) groups excluding carboxylic acids is 1. The Morgan fingerprint density at radius 3 is 2.55 bits per heavy atom. The number of hydrogen-bond donors (Lipinski definition) is 0. The number of hydrogen-bond acceptors (Lipinski definition) is 1. The topological polar surface area (TPSA) is 25.2 Å². The van der Waals surface area contributed by atoms with Crippen LogP contribution in [0, 0.1) is 11.6 Å². The highest BCUT2D eigenvalue weighted by Crippen LogP contribution is 2.27. The molecule has 0 fully saturated rings. The molecule has 0 aliphatic carbocycles. The van der Waals surface area contributed by atoms with Gasteiger partial charge in [0.15, 0.2) is 0 Å². The molecule has 6 heteroatoms. The van der Waals surface area contributed by atoms with Gasteiger partial charge in [0.05, 0.1) is 6.54 Å². The van der Waals surface area contributed by atoms with Crippen LogP contribution in [0.15, 0.2) is 28.9 Å². The van der Waals surface area contributed by atoms with Crippen molar-refractivity contribution in [2.45, 2.75) is 13.1 Å². The van der Waals surface area contributed by atoms with Gasteiger partial charge in [-0.1, -0.05) is 15.9 Å². The van der Waals surface area contributed by atoms with Gasteiger partial charge in [-0.15, -0.1) is 0 Å². The molecule has 3 nitrogen and oxygen atoms in total. The number of carbonyl (C=O) groups is 1. The van der Waals surface area contributed by atoms with Crippen LogP contribution in [0.25, 0.3) is 0 Å². The van der Waals surface area contributed by atoms with Crippen LogP contribution in [0.4, 0.5) is 8.78 Å². The molecular formula is C14H11BrF2N2O. The molecule has 2 heterocycles. The fraction of sp³-hybridized carbons (Fsp3) is 0.214. The van der Waals surface area contributed by atoms with E-state index >= 15 is 0 Å². The first-order chi connectivity index (χ1) is 9.47. The van der Waals surface area contributed by atoms with Crippen LogP contribution in [-0.2, 0) is 20.1 Å². The second-order valence-electron chi connectivity index (χ2n) is 4.81. The number of nitrogens with zero attached hydrogens (tertiary/aromatic N) is 2. The highest BCUT2D eigenvalue weighted by atomic mass is 79.9. The van der Waals surface area contributed by atoms with Gasteiger partial charge in [0.1, 0.15) is 17.3 Å². The Hall–Kier alpha value is -1.69. The van der Waals surface area contributed by atoms with Gasteiger partial charge >= 0.3 is 0 Å². The van der Waals surface area contributed by atoms with E-state index in [0.717, 1.165) is 5.56 Å². The maximum Gasteiger partial charge on any atom is 0.271 e. The molecule has 2 aromatic rings. The van der Waals surface area contributed by atoms with Crippen LogP contribution in [0.2, 0.25) is 0 Å². The van der Waals surface area contributed by atoms with Gasteiger partial charge in [-0.3, -0.25) is 4.79 Å². The van der Waals surface area contributed by atoms with Crippen LogP contribution in [0.3, 0.4) is 0 Å². The fourth-order valence-corrected chi connectivity index (χ4v) is 2.87. The average Bonchev–Trinajstić information content (AvgIpc) is 2.86. The van der Waals surface area contributed by atoms with Crippen LogP contribution in [0.5, 0.6) is 0 Å². The van der Waals surface area contributed by atoms with Gasteiger partial charge < -0.3 is 9.47 Å². The lowest BCUT2D eigenvalue weighted by molar-refractivity contribution is 0.0755. The SMILES string of the molecule is Cn1ccc2c1C(=O)N(Cc1c(F)cc(Br)cc1F)C2. The fourth-order valence-electron chi connectivity index (χ4n) is 2.47. The van der Waals surface area contributed by atoms with Gasteiger partial charge in [0.2, 0.25) is 0 Å². The number of fused-ring (bicyclic) bond motifs is 1. The molecular weight excluding hydrogens is 330 g/mol. The first-order valence-corrected chi connectivity index (χ1v) is 6.83. The van der Waals surface area contributed by atoms with Crippen molar-refractivity contribution in [3.05, 3.63) is 57.3 Å². The number of aryl methyl sites for hydroxylation is 1. The summed E-state index contributed by atoms with van der Waals surface area (Å²) in [6.45, 7) is 0.308. The lowest BCUT2D eigenvalue weighted by Gasteiger charge is -2.17. The molecule has 0 saturated heterocycles. The summed E-state index contributed by atoms with van der Waals surface area (Å²) < 4.78 is 29.7. The number of rotatable bonds is 2. The highest BCUT2D eigenvalue weighted by Gasteiger charge is 2.31. The summed E-state index contributed by atoms with van der Waals surface area (Å²) >= 11 is 3.03. The summed E-state index contributed by atoms with van der Waals surface area (Å²) in [6, 6.07) is 4.25. The molecule has 1 aliphatic heterocycles. The molecule has 20 heavy (non-hydrogen) atoms. The smallest absolute Gasteiger partial charge is 0.271 e. The van der Waals surface area contributed by atoms with E-state index in [4.69, 9.17) is 0 Å². The second kappa shape index (κ2) is 4.70. The number of amides is 1. The third-order valence-electron chi connectivity index (χ3n) is 3.46. The van der Waals surface area contributed by atoms with E-state index in [1.165, 1.54) is 17.0 Å². The van der Waals surface area contributed by atoms with Crippen LogP contribution in [-0.4, -0.2) is 15.4 Å². The van der Waals surface area contributed by atoms with Crippen molar-refractivity contribution in [3.8, 4) is 0 Å². The molecule has 1 aromatic carbocycles. The summed E-state index contributed by atoms with van der Waals surface area (Å²) in [5, 5.41) is 0. The zero-order chi connectivity index (χ0) is 14.4. The van der Waals surface area contributed by atoms with E-state index in [1.807, 2.05) is 6.07 Å². The van der Waals surface area contributed by atoms with Crippen molar-refractivity contribution < 1.29 is 13.6 Å². The molecule has 1 aromatic heterocycles. The highest BCUT2D eigenvalue weighted by molar-refractivity contribution is 9.10. The third kappa shape index (κ3) is 2.04. The average molecular weight is 341 g/mol. The van der Waals surface area contributed by atoms with E-state index in [0.29, 0.717) is 16.7 Å². The normalized spacial score (nSPS) is 14.0. The van der Waals surface area contributed by atoms with Gasteiger partial charge in [-0.25, -0.2) is 8.78 Å². The lowest BCUT2D eigenvalue weighted by atomic mass is 10.2. The van der Waals surface area contributed by atoms with Gasteiger partial charge in [-0.05, 0) is 18.2 Å². The third-order valence-corrected chi connectivity index (χ3v) is 3.92. The summed E-state index contributed by atoms with van der Waals surface area (Å²) in [7, 11) is 1.78. The summed E-state index contributed by atoms with van der Waals surface area (Å²) in [4.78, 5) is 13.7. The molecule has 0 bridgehead atoms. The maximum atomic E-state index is 13.8. The van der Waals surface area contributed by atoms with Crippen LogP contribution >= 0.6 is 15.9 Å². The van der Waals surface area contributed by atoms with E-state index < -0.39 is 11.6 Å². The lowest BCUT2D eigenvalue weighted by Crippen LogP contribution is -2.25. The molecule has 0 unspecified atom stereocenters. The van der Waals surface area contributed by atoms with Crippen molar-refractivity contribution in [2.24, 2.45) is 7.05 Å². The van der Waals surface area contributed by atoms with Crippen molar-refractivity contribution in [1.29, 1.82) is 0 Å². The number of aromatic nitrogens is 1. The molecule has 3 rings (SSSR count). The molecule has 1 aliphatic rings. The molecule has 1 amide bonds. The first-order valence-electron chi connectivity index (χ1n) is 6.04. The summed E-state index contributed by atoms with van der Waals surface area (Å²) in [5.41, 5.74) is 1.38. The molecule has 0 radical (unpaired) electrons. The number of benzene rings is 1. The summed E-state index contributed by atoms with van der Waals surface area (Å²) in [5.74, 6) is -1.50. The van der Waals surface area contributed by atoms with Gasteiger partial charge in [0, 0.05) is 35.4 Å². The van der Waals surface area contributed by atoms with E-state index in [9.17, 15) is 13.6 Å². The van der Waals surface area contributed by atoms with E-state index in [2.05, 4.69) is 15.9 Å². The van der Waals surface area contributed by atoms with Crippen molar-refractivity contribution >= 4 is 21.8 Å².